The van der Waals surface area contributed by atoms with Gasteiger partial charge in [-0.15, -0.1) is 0 Å². The van der Waals surface area contributed by atoms with Crippen LogP contribution in [0.3, 0.4) is 0 Å². The number of hydrogen-bond acceptors (Lipinski definition) is 2. The summed E-state index contributed by atoms with van der Waals surface area (Å²) in [6.07, 6.45) is 3.87. The summed E-state index contributed by atoms with van der Waals surface area (Å²) < 4.78 is 0. The van der Waals surface area contributed by atoms with E-state index in [-0.39, 0.29) is 5.54 Å². The van der Waals surface area contributed by atoms with E-state index in [0.717, 1.165) is 37.7 Å². The maximum atomic E-state index is 6.13. The Labute approximate surface area is 125 Å². The number of rotatable bonds is 2. The van der Waals surface area contributed by atoms with Crippen LogP contribution in [-0.4, -0.2) is 25.2 Å². The van der Waals surface area contributed by atoms with Gasteiger partial charge in [0, 0.05) is 34.4 Å². The Kier molecular flexibility index (Phi) is 3.67. The topological polar surface area (TPSA) is 15.3 Å². The fourth-order valence-corrected chi connectivity index (χ4v) is 3.63. The molecule has 1 unspecified atom stereocenters. The number of anilines is 1. The molecule has 0 spiro atoms. The first-order chi connectivity index (χ1) is 9.07. The lowest BCUT2D eigenvalue weighted by molar-refractivity contribution is 0.331. The van der Waals surface area contributed by atoms with Gasteiger partial charge in [0.25, 0.3) is 0 Å². The zero-order valence-electron chi connectivity index (χ0n) is 11.3. The molecule has 1 atom stereocenters. The van der Waals surface area contributed by atoms with Crippen molar-refractivity contribution < 1.29 is 0 Å². The number of nitrogens with one attached hydrogen (secondary N) is 1. The summed E-state index contributed by atoms with van der Waals surface area (Å²) in [6.45, 7) is 5.55. The van der Waals surface area contributed by atoms with Crippen LogP contribution in [-0.2, 0) is 0 Å². The first kappa shape index (κ1) is 13.5. The summed E-state index contributed by atoms with van der Waals surface area (Å²) in [5, 5.41) is 5.17. The van der Waals surface area contributed by atoms with Gasteiger partial charge in [0.2, 0.25) is 0 Å². The average Bonchev–Trinajstić information content (AvgIpc) is 3.13. The maximum absolute atomic E-state index is 6.13. The molecule has 2 nitrogen and oxygen atoms in total. The molecule has 1 aliphatic carbocycles. The predicted octanol–water partition coefficient (Wildman–Crippen LogP) is 3.96. The second-order valence-electron chi connectivity index (χ2n) is 6.02. The summed E-state index contributed by atoms with van der Waals surface area (Å²) in [4.78, 5) is 2.43. The molecule has 0 bridgehead atoms. The minimum absolute atomic E-state index is 0.227. The number of benzene rings is 1. The van der Waals surface area contributed by atoms with Crippen molar-refractivity contribution in [2.24, 2.45) is 5.92 Å². The Balaban J connectivity index is 1.85. The molecule has 2 aliphatic rings. The Morgan fingerprint density at radius 3 is 2.53 bits per heavy atom. The van der Waals surface area contributed by atoms with Gasteiger partial charge in [-0.25, -0.2) is 0 Å². The summed E-state index contributed by atoms with van der Waals surface area (Å²) in [6, 6.07) is 5.83. The van der Waals surface area contributed by atoms with E-state index < -0.39 is 0 Å². The Bertz CT molecular complexity index is 453. The van der Waals surface area contributed by atoms with Crippen molar-refractivity contribution in [3.8, 4) is 0 Å². The van der Waals surface area contributed by atoms with Crippen molar-refractivity contribution in [2.75, 3.05) is 24.5 Å². The van der Waals surface area contributed by atoms with E-state index in [2.05, 4.69) is 17.1 Å². The van der Waals surface area contributed by atoms with Gasteiger partial charge in [0.05, 0.1) is 0 Å². The molecule has 19 heavy (non-hydrogen) atoms. The Hall–Kier alpha value is -0.440. The zero-order chi connectivity index (χ0) is 13.5. The van der Waals surface area contributed by atoms with Crippen LogP contribution in [0.25, 0.3) is 0 Å². The Morgan fingerprint density at radius 2 is 1.89 bits per heavy atom. The SMILES string of the molecule is CC1(C2CC2)CN(c2cc(Cl)cc(Cl)c2)CCCN1. The largest absolute Gasteiger partial charge is 0.370 e. The molecule has 1 aromatic rings. The van der Waals surface area contributed by atoms with Gasteiger partial charge >= 0.3 is 0 Å². The van der Waals surface area contributed by atoms with E-state index in [9.17, 15) is 0 Å². The third kappa shape index (κ3) is 3.01. The molecule has 1 aromatic carbocycles. The highest BCUT2D eigenvalue weighted by Gasteiger charge is 2.43. The van der Waals surface area contributed by atoms with Crippen LogP contribution in [0.5, 0.6) is 0 Å². The standard InChI is InChI=1S/C15H20Cl2N2/c1-15(11-3-4-11)10-19(6-2-5-18-15)14-8-12(16)7-13(17)9-14/h7-9,11,18H,2-6,10H2,1H3. The van der Waals surface area contributed by atoms with E-state index in [0.29, 0.717) is 10.0 Å². The first-order valence-corrected chi connectivity index (χ1v) is 7.78. The van der Waals surface area contributed by atoms with Crippen molar-refractivity contribution in [3.05, 3.63) is 28.2 Å². The molecule has 1 N–H and O–H groups in total. The van der Waals surface area contributed by atoms with E-state index in [1.54, 1.807) is 6.07 Å². The fraction of sp³-hybridized carbons (Fsp3) is 0.600. The quantitative estimate of drug-likeness (QED) is 0.889. The van der Waals surface area contributed by atoms with Crippen molar-refractivity contribution in [1.82, 2.24) is 5.32 Å². The lowest BCUT2D eigenvalue weighted by Crippen LogP contribution is -2.51. The van der Waals surface area contributed by atoms with Gasteiger partial charge in [-0.3, -0.25) is 0 Å². The second-order valence-corrected chi connectivity index (χ2v) is 6.89. The minimum Gasteiger partial charge on any atom is -0.370 e. The van der Waals surface area contributed by atoms with Crippen LogP contribution in [0.4, 0.5) is 5.69 Å². The highest BCUT2D eigenvalue weighted by atomic mass is 35.5. The van der Waals surface area contributed by atoms with E-state index in [4.69, 9.17) is 23.2 Å². The highest BCUT2D eigenvalue weighted by Crippen LogP contribution is 2.41. The van der Waals surface area contributed by atoms with E-state index >= 15 is 0 Å². The molecule has 1 heterocycles. The van der Waals surface area contributed by atoms with Crippen molar-refractivity contribution >= 4 is 28.9 Å². The monoisotopic (exact) mass is 298 g/mol. The number of hydrogen-bond donors (Lipinski definition) is 1. The van der Waals surface area contributed by atoms with Crippen molar-refractivity contribution in [3.63, 3.8) is 0 Å². The van der Waals surface area contributed by atoms with Gasteiger partial charge in [-0.05, 0) is 56.8 Å². The average molecular weight is 299 g/mol. The zero-order valence-corrected chi connectivity index (χ0v) is 12.8. The van der Waals surface area contributed by atoms with Crippen molar-refractivity contribution in [1.29, 1.82) is 0 Å². The minimum atomic E-state index is 0.227. The van der Waals surface area contributed by atoms with Gasteiger partial charge in [-0.2, -0.15) is 0 Å². The molecular formula is C15H20Cl2N2. The molecule has 1 saturated carbocycles. The molecule has 0 aromatic heterocycles. The first-order valence-electron chi connectivity index (χ1n) is 7.03. The second kappa shape index (κ2) is 5.16. The van der Waals surface area contributed by atoms with Crippen LogP contribution in [0.2, 0.25) is 10.0 Å². The summed E-state index contributed by atoms with van der Waals surface area (Å²) in [5.41, 5.74) is 1.37. The van der Waals surface area contributed by atoms with Crippen LogP contribution >= 0.6 is 23.2 Å². The molecule has 3 rings (SSSR count). The number of nitrogens with zero attached hydrogens (tertiary/aromatic N) is 1. The molecule has 0 radical (unpaired) electrons. The van der Waals surface area contributed by atoms with Crippen molar-refractivity contribution in [2.45, 2.75) is 31.7 Å². The van der Waals surface area contributed by atoms with Gasteiger partial charge in [0.1, 0.15) is 0 Å². The maximum Gasteiger partial charge on any atom is 0.0441 e. The van der Waals surface area contributed by atoms with Gasteiger partial charge < -0.3 is 10.2 Å². The normalized spacial score (nSPS) is 28.3. The molecule has 1 aliphatic heterocycles. The summed E-state index contributed by atoms with van der Waals surface area (Å²) in [7, 11) is 0. The van der Waals surface area contributed by atoms with E-state index in [1.807, 2.05) is 12.1 Å². The predicted molar refractivity (Wildman–Crippen MR) is 82.4 cm³/mol. The van der Waals surface area contributed by atoms with Gasteiger partial charge in [-0.1, -0.05) is 23.2 Å². The third-order valence-electron chi connectivity index (χ3n) is 4.34. The summed E-state index contributed by atoms with van der Waals surface area (Å²) >= 11 is 12.3. The van der Waals surface area contributed by atoms with Crippen LogP contribution in [0, 0.1) is 5.92 Å². The fourth-order valence-electron chi connectivity index (χ4n) is 3.11. The molecule has 1 saturated heterocycles. The van der Waals surface area contributed by atoms with Crippen LogP contribution in [0.1, 0.15) is 26.2 Å². The highest BCUT2D eigenvalue weighted by molar-refractivity contribution is 6.35. The molecular weight excluding hydrogens is 279 g/mol. The third-order valence-corrected chi connectivity index (χ3v) is 4.78. The molecule has 104 valence electrons. The van der Waals surface area contributed by atoms with Crippen LogP contribution < -0.4 is 10.2 Å². The van der Waals surface area contributed by atoms with Gasteiger partial charge in [0.15, 0.2) is 0 Å². The van der Waals surface area contributed by atoms with Crippen LogP contribution in [0.15, 0.2) is 18.2 Å². The lowest BCUT2D eigenvalue weighted by Gasteiger charge is -2.35. The van der Waals surface area contributed by atoms with E-state index in [1.165, 1.54) is 12.8 Å². The lowest BCUT2D eigenvalue weighted by atomic mass is 9.95. The smallest absolute Gasteiger partial charge is 0.0441 e. The molecule has 2 fully saturated rings. The molecule has 4 heteroatoms. The Morgan fingerprint density at radius 1 is 1.21 bits per heavy atom. The summed E-state index contributed by atoms with van der Waals surface area (Å²) in [5.74, 6) is 0.822. The molecule has 0 amide bonds. The number of halogens is 2.